The fraction of sp³-hybridized carbons (Fsp3) is 0.429. The molecule has 1 aromatic carbocycles. The van der Waals surface area contributed by atoms with Crippen molar-refractivity contribution in [2.75, 3.05) is 11.1 Å². The standard InChI is InChI=1S/C21H26N4O3S2/c1-12(2)8-18(27)25-10-15-7-5-4-6-14(15)9-16(25)19(28)24-21-23-13(3)20(30-21)29-11-17(22)26/h4-7,12,16H,8-11H2,1-3H3,(H2,22,26)(H,23,24,28). The lowest BCUT2D eigenvalue weighted by atomic mass is 9.92. The van der Waals surface area contributed by atoms with Gasteiger partial charge in [0.05, 0.1) is 15.7 Å². The highest BCUT2D eigenvalue weighted by Gasteiger charge is 2.35. The number of amides is 3. The zero-order chi connectivity index (χ0) is 21.8. The molecule has 3 rings (SSSR count). The van der Waals surface area contributed by atoms with Crippen molar-refractivity contribution in [1.29, 1.82) is 0 Å². The lowest BCUT2D eigenvalue weighted by molar-refractivity contribution is -0.140. The van der Waals surface area contributed by atoms with Gasteiger partial charge in [-0.2, -0.15) is 0 Å². The summed E-state index contributed by atoms with van der Waals surface area (Å²) in [6.45, 7) is 6.24. The molecular formula is C21H26N4O3S2. The monoisotopic (exact) mass is 446 g/mol. The van der Waals surface area contributed by atoms with E-state index in [1.54, 1.807) is 4.90 Å². The summed E-state index contributed by atoms with van der Waals surface area (Å²) < 4.78 is 0.839. The van der Waals surface area contributed by atoms with E-state index in [-0.39, 0.29) is 23.5 Å². The lowest BCUT2D eigenvalue weighted by Crippen LogP contribution is -2.50. The zero-order valence-corrected chi connectivity index (χ0v) is 18.9. The molecule has 2 heterocycles. The summed E-state index contributed by atoms with van der Waals surface area (Å²) in [6, 6.07) is 7.33. The fourth-order valence-electron chi connectivity index (χ4n) is 3.38. The molecule has 9 heteroatoms. The molecule has 3 N–H and O–H groups in total. The molecule has 3 amide bonds. The SMILES string of the molecule is Cc1nc(NC(=O)C2Cc3ccccc3CN2C(=O)CC(C)C)sc1SCC(N)=O. The minimum atomic E-state index is -0.586. The Balaban J connectivity index is 1.79. The quantitative estimate of drug-likeness (QED) is 0.636. The molecule has 2 aromatic rings. The number of nitrogens with zero attached hydrogens (tertiary/aromatic N) is 2. The Morgan fingerprint density at radius 3 is 2.67 bits per heavy atom. The number of nitrogens with one attached hydrogen (secondary N) is 1. The first kappa shape index (κ1) is 22.3. The number of hydrogen-bond acceptors (Lipinski definition) is 6. The van der Waals surface area contributed by atoms with Gasteiger partial charge in [-0.05, 0) is 24.0 Å². The Labute approximate surface area is 184 Å². The van der Waals surface area contributed by atoms with Crippen LogP contribution >= 0.6 is 23.1 Å². The second-order valence-corrected chi connectivity index (χ2v) is 9.99. The highest BCUT2D eigenvalue weighted by atomic mass is 32.2. The molecule has 7 nitrogen and oxygen atoms in total. The van der Waals surface area contributed by atoms with E-state index >= 15 is 0 Å². The summed E-state index contributed by atoms with van der Waals surface area (Å²) in [7, 11) is 0. The number of benzene rings is 1. The number of fused-ring (bicyclic) bond motifs is 1. The summed E-state index contributed by atoms with van der Waals surface area (Å²) in [5, 5.41) is 3.33. The summed E-state index contributed by atoms with van der Waals surface area (Å²) in [4.78, 5) is 43.1. The number of nitrogens with two attached hydrogens (primary N) is 1. The van der Waals surface area contributed by atoms with E-state index in [9.17, 15) is 14.4 Å². The molecule has 30 heavy (non-hydrogen) atoms. The third-order valence-corrected chi connectivity index (χ3v) is 7.24. The first-order chi connectivity index (χ1) is 14.2. The number of primary amides is 1. The molecule has 1 aliphatic heterocycles. The number of rotatable bonds is 7. The Bertz CT molecular complexity index is 957. The van der Waals surface area contributed by atoms with E-state index in [1.807, 2.05) is 45.0 Å². The number of thiazole rings is 1. The van der Waals surface area contributed by atoms with Crippen molar-refractivity contribution in [3.05, 3.63) is 41.1 Å². The van der Waals surface area contributed by atoms with Crippen LogP contribution in [0.5, 0.6) is 0 Å². The molecule has 0 saturated heterocycles. The molecule has 1 aromatic heterocycles. The average molecular weight is 447 g/mol. The Morgan fingerprint density at radius 1 is 1.30 bits per heavy atom. The normalized spacial score (nSPS) is 15.7. The number of aromatic nitrogens is 1. The maximum absolute atomic E-state index is 13.1. The minimum Gasteiger partial charge on any atom is -0.369 e. The van der Waals surface area contributed by atoms with Crippen LogP contribution in [-0.4, -0.2) is 39.4 Å². The third-order valence-electron chi connectivity index (χ3n) is 4.78. The number of carbonyl (C=O) groups is 3. The summed E-state index contributed by atoms with van der Waals surface area (Å²) in [5.74, 6) is -0.300. The summed E-state index contributed by atoms with van der Waals surface area (Å²) >= 11 is 2.62. The topological polar surface area (TPSA) is 105 Å². The largest absolute Gasteiger partial charge is 0.369 e. The first-order valence-corrected chi connectivity index (χ1v) is 11.6. The van der Waals surface area contributed by atoms with Gasteiger partial charge >= 0.3 is 0 Å². The van der Waals surface area contributed by atoms with Gasteiger partial charge in [0.2, 0.25) is 17.7 Å². The van der Waals surface area contributed by atoms with Crippen molar-refractivity contribution in [2.24, 2.45) is 11.7 Å². The van der Waals surface area contributed by atoms with Crippen LogP contribution in [0.3, 0.4) is 0 Å². The molecule has 1 atom stereocenters. The highest BCUT2D eigenvalue weighted by molar-refractivity contribution is 8.01. The van der Waals surface area contributed by atoms with Gasteiger partial charge in [-0.1, -0.05) is 49.4 Å². The second-order valence-electron chi connectivity index (χ2n) is 7.74. The maximum atomic E-state index is 13.1. The molecule has 1 unspecified atom stereocenters. The molecule has 0 radical (unpaired) electrons. The van der Waals surface area contributed by atoms with E-state index in [4.69, 9.17) is 5.73 Å². The summed E-state index contributed by atoms with van der Waals surface area (Å²) in [6.07, 6.45) is 0.871. The van der Waals surface area contributed by atoms with Gasteiger partial charge < -0.3 is 16.0 Å². The maximum Gasteiger partial charge on any atom is 0.249 e. The molecule has 0 spiro atoms. The van der Waals surface area contributed by atoms with E-state index in [0.717, 1.165) is 21.0 Å². The van der Waals surface area contributed by atoms with Crippen LogP contribution in [0.25, 0.3) is 0 Å². The zero-order valence-electron chi connectivity index (χ0n) is 17.3. The Hall–Kier alpha value is -2.39. The number of anilines is 1. The van der Waals surface area contributed by atoms with Gasteiger partial charge in [0, 0.05) is 19.4 Å². The smallest absolute Gasteiger partial charge is 0.249 e. The lowest BCUT2D eigenvalue weighted by Gasteiger charge is -2.36. The van der Waals surface area contributed by atoms with Crippen molar-refractivity contribution in [1.82, 2.24) is 9.88 Å². The van der Waals surface area contributed by atoms with Gasteiger partial charge in [0.25, 0.3) is 0 Å². The van der Waals surface area contributed by atoms with E-state index in [1.165, 1.54) is 23.1 Å². The van der Waals surface area contributed by atoms with Gasteiger partial charge in [0.1, 0.15) is 6.04 Å². The molecule has 0 bridgehead atoms. The van der Waals surface area contributed by atoms with Crippen molar-refractivity contribution in [3.63, 3.8) is 0 Å². The third kappa shape index (κ3) is 5.40. The summed E-state index contributed by atoms with van der Waals surface area (Å²) in [5.41, 5.74) is 8.11. The molecule has 1 aliphatic rings. The van der Waals surface area contributed by atoms with Crippen LogP contribution < -0.4 is 11.1 Å². The predicted octanol–water partition coefficient (Wildman–Crippen LogP) is 2.97. The predicted molar refractivity (Wildman–Crippen MR) is 119 cm³/mol. The molecule has 0 saturated carbocycles. The van der Waals surface area contributed by atoms with Crippen molar-refractivity contribution < 1.29 is 14.4 Å². The molecule has 0 fully saturated rings. The van der Waals surface area contributed by atoms with Crippen molar-refractivity contribution in [2.45, 2.75) is 50.4 Å². The van der Waals surface area contributed by atoms with Gasteiger partial charge in [-0.15, -0.1) is 11.8 Å². The Morgan fingerprint density at radius 2 is 2.00 bits per heavy atom. The minimum absolute atomic E-state index is 0.0207. The van der Waals surface area contributed by atoms with Crippen LogP contribution in [0, 0.1) is 12.8 Å². The Kier molecular flexibility index (Phi) is 7.14. The van der Waals surface area contributed by atoms with E-state index in [2.05, 4.69) is 10.3 Å². The van der Waals surface area contributed by atoms with E-state index < -0.39 is 11.9 Å². The highest BCUT2D eigenvalue weighted by Crippen LogP contribution is 2.32. The average Bonchev–Trinajstić information content (AvgIpc) is 3.03. The number of aryl methyl sites for hydroxylation is 1. The van der Waals surface area contributed by atoms with Crippen LogP contribution in [0.15, 0.2) is 28.5 Å². The second kappa shape index (κ2) is 9.61. The van der Waals surface area contributed by atoms with Gasteiger partial charge in [-0.25, -0.2) is 4.98 Å². The molecule has 0 aliphatic carbocycles. The molecule has 160 valence electrons. The first-order valence-electron chi connectivity index (χ1n) is 9.80. The van der Waals surface area contributed by atoms with Gasteiger partial charge in [0.15, 0.2) is 5.13 Å². The van der Waals surface area contributed by atoms with Crippen LogP contribution in [0.2, 0.25) is 0 Å². The van der Waals surface area contributed by atoms with Crippen molar-refractivity contribution in [3.8, 4) is 0 Å². The van der Waals surface area contributed by atoms with Crippen LogP contribution in [0.1, 0.15) is 37.1 Å². The number of thioether (sulfide) groups is 1. The number of hydrogen-bond donors (Lipinski definition) is 2. The van der Waals surface area contributed by atoms with Gasteiger partial charge in [-0.3, -0.25) is 14.4 Å². The van der Waals surface area contributed by atoms with Crippen LogP contribution in [0.4, 0.5) is 5.13 Å². The number of carbonyl (C=O) groups excluding carboxylic acids is 3. The van der Waals surface area contributed by atoms with Crippen LogP contribution in [-0.2, 0) is 27.3 Å². The van der Waals surface area contributed by atoms with E-state index in [0.29, 0.717) is 24.5 Å². The van der Waals surface area contributed by atoms with Crippen molar-refractivity contribution >= 4 is 46.0 Å². The fourth-order valence-corrected chi connectivity index (χ4v) is 5.26. The molecular weight excluding hydrogens is 420 g/mol.